The summed E-state index contributed by atoms with van der Waals surface area (Å²) < 4.78 is 1.79. The van der Waals surface area contributed by atoms with Gasteiger partial charge < -0.3 is 0 Å². The molecule has 3 heterocycles. The molecule has 1 amide bonds. The molecule has 0 fully saturated rings. The maximum absolute atomic E-state index is 12.2. The van der Waals surface area contributed by atoms with Gasteiger partial charge in [-0.2, -0.15) is 10.2 Å². The van der Waals surface area contributed by atoms with Crippen LogP contribution in [0.2, 0.25) is 0 Å². The normalized spacial score (nSPS) is 11.3. The van der Waals surface area contributed by atoms with E-state index < -0.39 is 0 Å². The Morgan fingerprint density at radius 1 is 1.21 bits per heavy atom. The van der Waals surface area contributed by atoms with Crippen molar-refractivity contribution < 1.29 is 4.79 Å². The van der Waals surface area contributed by atoms with Crippen LogP contribution in [-0.2, 0) is 6.42 Å². The minimum absolute atomic E-state index is 0.300. The van der Waals surface area contributed by atoms with E-state index in [1.807, 2.05) is 30.3 Å². The molecule has 0 unspecified atom stereocenters. The minimum Gasteiger partial charge on any atom is -0.267 e. The Hall–Kier alpha value is -3.39. The smallest absolute Gasteiger partial charge is 0.267 e. The fraction of sp³-hybridized carbons (Fsp3) is 0.150. The number of fused-ring (bicyclic) bond motifs is 1. The van der Waals surface area contributed by atoms with Crippen molar-refractivity contribution in [2.45, 2.75) is 19.8 Å². The quantitative estimate of drug-likeness (QED) is 0.403. The molecule has 0 radical (unpaired) electrons. The lowest BCUT2D eigenvalue weighted by molar-refractivity contribution is 0.0955. The van der Waals surface area contributed by atoms with Gasteiger partial charge in [0.25, 0.3) is 5.91 Å². The van der Waals surface area contributed by atoms with Crippen LogP contribution < -0.4 is 5.43 Å². The van der Waals surface area contributed by atoms with Crippen LogP contribution in [0.5, 0.6) is 0 Å². The number of aryl methyl sites for hydroxylation is 1. The molecule has 1 N–H and O–H groups in total. The number of nitrogens with one attached hydrogen (secondary N) is 1. The summed E-state index contributed by atoms with van der Waals surface area (Å²) in [6.45, 7) is 2.12. The third kappa shape index (κ3) is 3.67. The Bertz CT molecular complexity index is 1120. The van der Waals surface area contributed by atoms with Gasteiger partial charge in [0.05, 0.1) is 6.21 Å². The van der Waals surface area contributed by atoms with Crippen molar-refractivity contribution in [1.82, 2.24) is 25.0 Å². The van der Waals surface area contributed by atoms with Crippen molar-refractivity contribution >= 4 is 28.4 Å². The summed E-state index contributed by atoms with van der Waals surface area (Å²) in [6.07, 6.45) is 6.66. The Balaban J connectivity index is 1.68. The van der Waals surface area contributed by atoms with Gasteiger partial charge in [0.2, 0.25) is 4.96 Å². The zero-order valence-electron chi connectivity index (χ0n) is 15.2. The van der Waals surface area contributed by atoms with Gasteiger partial charge in [-0.3, -0.25) is 9.78 Å². The molecule has 140 valence electrons. The molecule has 0 saturated heterocycles. The first-order valence-electron chi connectivity index (χ1n) is 8.93. The summed E-state index contributed by atoms with van der Waals surface area (Å²) >= 11 is 1.57. The Kier molecular flexibility index (Phi) is 5.20. The second-order valence-corrected chi connectivity index (χ2v) is 7.13. The number of imidazole rings is 1. The van der Waals surface area contributed by atoms with E-state index in [2.05, 4.69) is 27.5 Å². The molecule has 3 aromatic heterocycles. The lowest BCUT2D eigenvalue weighted by Gasteiger charge is -2.01. The molecule has 28 heavy (non-hydrogen) atoms. The number of rotatable bonds is 6. The lowest BCUT2D eigenvalue weighted by Crippen LogP contribution is -2.17. The van der Waals surface area contributed by atoms with Gasteiger partial charge in [0, 0.05) is 29.9 Å². The van der Waals surface area contributed by atoms with Crippen molar-refractivity contribution in [3.8, 4) is 11.3 Å². The first-order valence-corrected chi connectivity index (χ1v) is 9.75. The van der Waals surface area contributed by atoms with Crippen LogP contribution in [0.25, 0.3) is 16.2 Å². The zero-order valence-corrected chi connectivity index (χ0v) is 16.1. The highest BCUT2D eigenvalue weighted by atomic mass is 32.1. The number of pyridine rings is 1. The molecular weight excluding hydrogens is 372 g/mol. The number of hydrogen-bond donors (Lipinski definition) is 1. The number of benzene rings is 1. The maximum Gasteiger partial charge on any atom is 0.271 e. The SMILES string of the molecule is CCCc1nn2c(/C=N\NC(=O)c3ccncc3)c(-c3ccccc3)nc2s1. The van der Waals surface area contributed by atoms with E-state index in [4.69, 9.17) is 4.98 Å². The van der Waals surface area contributed by atoms with E-state index in [9.17, 15) is 4.79 Å². The Morgan fingerprint density at radius 2 is 2.00 bits per heavy atom. The average Bonchev–Trinajstić information content (AvgIpc) is 3.27. The third-order valence-corrected chi connectivity index (χ3v) is 5.05. The molecule has 0 aliphatic rings. The van der Waals surface area contributed by atoms with Crippen LogP contribution in [0.3, 0.4) is 0 Å². The Labute approximate surface area is 165 Å². The summed E-state index contributed by atoms with van der Waals surface area (Å²) in [7, 11) is 0. The largest absolute Gasteiger partial charge is 0.271 e. The van der Waals surface area contributed by atoms with Gasteiger partial charge in [-0.25, -0.2) is 14.9 Å². The van der Waals surface area contributed by atoms with E-state index in [0.717, 1.165) is 39.8 Å². The summed E-state index contributed by atoms with van der Waals surface area (Å²) in [5.74, 6) is -0.300. The van der Waals surface area contributed by atoms with Crippen LogP contribution in [0.15, 0.2) is 60.0 Å². The number of carbonyl (C=O) groups excluding carboxylic acids is 1. The van der Waals surface area contributed by atoms with Gasteiger partial charge >= 0.3 is 0 Å². The van der Waals surface area contributed by atoms with Gasteiger partial charge in [-0.05, 0) is 18.6 Å². The summed E-state index contributed by atoms with van der Waals surface area (Å²) in [5, 5.41) is 9.83. The summed E-state index contributed by atoms with van der Waals surface area (Å²) in [4.78, 5) is 21.7. The van der Waals surface area contributed by atoms with Crippen LogP contribution in [0.4, 0.5) is 0 Å². The first kappa shape index (κ1) is 18.0. The lowest BCUT2D eigenvalue weighted by atomic mass is 10.1. The van der Waals surface area contributed by atoms with Crippen molar-refractivity contribution in [2.75, 3.05) is 0 Å². The predicted molar refractivity (Wildman–Crippen MR) is 110 cm³/mol. The number of hydrazone groups is 1. The van der Waals surface area contributed by atoms with Crippen molar-refractivity contribution in [3.05, 3.63) is 71.1 Å². The maximum atomic E-state index is 12.2. The highest BCUT2D eigenvalue weighted by molar-refractivity contribution is 7.16. The standard InChI is InChI=1S/C20H18N6OS/c1-2-6-17-25-26-16(13-22-24-19(27)15-9-11-21-12-10-15)18(23-20(26)28-17)14-7-4-3-5-8-14/h3-5,7-13H,2,6H2,1H3,(H,24,27)/b22-13-. The first-order chi connectivity index (χ1) is 13.8. The zero-order chi connectivity index (χ0) is 19.3. The highest BCUT2D eigenvalue weighted by Gasteiger charge is 2.16. The van der Waals surface area contributed by atoms with E-state index in [1.165, 1.54) is 0 Å². The van der Waals surface area contributed by atoms with Crippen LogP contribution in [0.1, 0.15) is 34.4 Å². The topological polar surface area (TPSA) is 84.5 Å². The fourth-order valence-electron chi connectivity index (χ4n) is 2.76. The molecule has 4 rings (SSSR count). The summed E-state index contributed by atoms with van der Waals surface area (Å²) in [6, 6.07) is 13.1. The number of hydrogen-bond acceptors (Lipinski definition) is 6. The second-order valence-electron chi connectivity index (χ2n) is 6.09. The molecule has 1 aromatic carbocycles. The molecule has 0 bridgehead atoms. The molecule has 0 aliphatic heterocycles. The molecule has 0 saturated carbocycles. The summed E-state index contributed by atoms with van der Waals surface area (Å²) in [5.41, 5.74) is 5.53. The average molecular weight is 390 g/mol. The molecule has 8 heteroatoms. The van der Waals surface area contributed by atoms with E-state index in [1.54, 1.807) is 46.6 Å². The third-order valence-electron chi connectivity index (χ3n) is 4.09. The fourth-order valence-corrected chi connectivity index (χ4v) is 3.76. The number of carbonyl (C=O) groups is 1. The molecule has 0 aliphatic carbocycles. The monoisotopic (exact) mass is 390 g/mol. The van der Waals surface area contributed by atoms with Crippen molar-refractivity contribution in [1.29, 1.82) is 0 Å². The van der Waals surface area contributed by atoms with Crippen molar-refractivity contribution in [3.63, 3.8) is 0 Å². The van der Waals surface area contributed by atoms with Gasteiger partial charge in [-0.15, -0.1) is 0 Å². The number of nitrogens with zero attached hydrogens (tertiary/aromatic N) is 5. The Morgan fingerprint density at radius 3 is 2.75 bits per heavy atom. The van der Waals surface area contributed by atoms with Gasteiger partial charge in [-0.1, -0.05) is 48.6 Å². The van der Waals surface area contributed by atoms with Crippen LogP contribution >= 0.6 is 11.3 Å². The highest BCUT2D eigenvalue weighted by Crippen LogP contribution is 2.26. The van der Waals surface area contributed by atoms with Crippen LogP contribution in [-0.4, -0.2) is 31.7 Å². The van der Waals surface area contributed by atoms with E-state index in [-0.39, 0.29) is 5.91 Å². The van der Waals surface area contributed by atoms with E-state index in [0.29, 0.717) is 5.56 Å². The molecule has 4 aromatic rings. The molecule has 0 spiro atoms. The molecular formula is C20H18N6OS. The predicted octanol–water partition coefficient (Wildman–Crippen LogP) is 3.57. The number of aromatic nitrogens is 4. The molecule has 0 atom stereocenters. The number of amides is 1. The molecule has 7 nitrogen and oxygen atoms in total. The van der Waals surface area contributed by atoms with E-state index >= 15 is 0 Å². The van der Waals surface area contributed by atoms with Gasteiger partial charge in [0.1, 0.15) is 16.4 Å². The second kappa shape index (κ2) is 8.10. The van der Waals surface area contributed by atoms with Crippen LogP contribution in [0, 0.1) is 0 Å². The minimum atomic E-state index is -0.300. The van der Waals surface area contributed by atoms with Gasteiger partial charge in [0.15, 0.2) is 0 Å². The van der Waals surface area contributed by atoms with Crippen molar-refractivity contribution in [2.24, 2.45) is 5.10 Å².